The lowest BCUT2D eigenvalue weighted by atomic mass is 9.85. The quantitative estimate of drug-likeness (QED) is 0.577. The van der Waals surface area contributed by atoms with E-state index in [9.17, 15) is 4.39 Å². The summed E-state index contributed by atoms with van der Waals surface area (Å²) in [6.07, 6.45) is 6.05. The van der Waals surface area contributed by atoms with Crippen LogP contribution in [0.5, 0.6) is 5.75 Å². The maximum atomic E-state index is 13.3. The Hall–Kier alpha value is -1.20. The molecule has 1 aromatic carbocycles. The normalized spacial score (nSPS) is 21.9. The Kier molecular flexibility index (Phi) is 5.73. The van der Waals surface area contributed by atoms with Crippen LogP contribution in [0.1, 0.15) is 44.6 Å². The lowest BCUT2D eigenvalue weighted by Gasteiger charge is -2.29. The summed E-state index contributed by atoms with van der Waals surface area (Å²) in [7, 11) is 0. The molecule has 0 bridgehead atoms. The second-order valence-corrected chi connectivity index (χ2v) is 5.52. The average Bonchev–Trinajstić information content (AvgIpc) is 2.47. The number of hydrogen-bond donors (Lipinski definition) is 0. The first-order valence-corrected chi connectivity index (χ1v) is 7.77. The van der Waals surface area contributed by atoms with E-state index < -0.39 is 0 Å². The molecule has 0 aliphatic heterocycles. The summed E-state index contributed by atoms with van der Waals surface area (Å²) in [6.45, 7) is 2.22. The second-order valence-electron chi connectivity index (χ2n) is 5.26. The lowest BCUT2D eigenvalue weighted by Crippen LogP contribution is -2.25. The molecule has 3 heteroatoms. The zero-order valence-corrected chi connectivity index (χ0v) is 12.5. The van der Waals surface area contributed by atoms with Gasteiger partial charge in [-0.05, 0) is 43.4 Å². The van der Waals surface area contributed by atoms with E-state index in [-0.39, 0.29) is 17.8 Å². The highest BCUT2D eigenvalue weighted by atomic mass is 35.5. The molecule has 2 unspecified atom stereocenters. The molecular formula is C17H20ClFO. The first-order chi connectivity index (χ1) is 9.72. The van der Waals surface area contributed by atoms with E-state index in [1.807, 2.05) is 0 Å². The van der Waals surface area contributed by atoms with Gasteiger partial charge in [0.15, 0.2) is 0 Å². The molecule has 2 atom stereocenters. The van der Waals surface area contributed by atoms with Crippen molar-refractivity contribution in [2.24, 2.45) is 5.92 Å². The molecule has 1 nitrogen and oxygen atoms in total. The van der Waals surface area contributed by atoms with Crippen LogP contribution in [0.25, 0.3) is 0 Å². The van der Waals surface area contributed by atoms with Gasteiger partial charge in [-0.25, -0.2) is 4.39 Å². The van der Waals surface area contributed by atoms with E-state index in [4.69, 9.17) is 16.3 Å². The zero-order chi connectivity index (χ0) is 14.4. The van der Waals surface area contributed by atoms with Crippen molar-refractivity contribution in [3.63, 3.8) is 0 Å². The van der Waals surface area contributed by atoms with Gasteiger partial charge in [0, 0.05) is 0 Å². The molecular weight excluding hydrogens is 275 g/mol. The van der Waals surface area contributed by atoms with E-state index >= 15 is 0 Å². The van der Waals surface area contributed by atoms with Gasteiger partial charge in [0.05, 0.1) is 17.5 Å². The number of alkyl halides is 1. The summed E-state index contributed by atoms with van der Waals surface area (Å²) in [6, 6.07) is 4.50. The highest BCUT2D eigenvalue weighted by Gasteiger charge is 2.22. The summed E-state index contributed by atoms with van der Waals surface area (Å²) in [5.74, 6) is 6.98. The topological polar surface area (TPSA) is 9.23 Å². The van der Waals surface area contributed by atoms with Crippen molar-refractivity contribution in [1.82, 2.24) is 0 Å². The molecule has 108 valence electrons. The van der Waals surface area contributed by atoms with Crippen molar-refractivity contribution in [2.45, 2.75) is 45.1 Å². The predicted molar refractivity (Wildman–Crippen MR) is 80.7 cm³/mol. The monoisotopic (exact) mass is 294 g/mol. The highest BCUT2D eigenvalue weighted by Crippen LogP contribution is 2.30. The van der Waals surface area contributed by atoms with Crippen LogP contribution >= 0.6 is 11.6 Å². The minimum atomic E-state index is -0.300. The number of halogens is 2. The van der Waals surface area contributed by atoms with Gasteiger partial charge >= 0.3 is 0 Å². The maximum Gasteiger partial charge on any atom is 0.135 e. The Labute approximate surface area is 125 Å². The number of ether oxygens (including phenoxy) is 1. The molecule has 0 radical (unpaired) electrons. The smallest absolute Gasteiger partial charge is 0.135 e. The van der Waals surface area contributed by atoms with Gasteiger partial charge in [-0.15, -0.1) is 11.6 Å². The SMILES string of the molecule is CCC1CCCC(Oc2ccc(F)cc2C#CCCl)C1. The van der Waals surface area contributed by atoms with E-state index in [0.717, 1.165) is 18.8 Å². The van der Waals surface area contributed by atoms with Crippen molar-refractivity contribution in [1.29, 1.82) is 0 Å². The predicted octanol–water partition coefficient (Wildman–Crippen LogP) is 4.76. The summed E-state index contributed by atoms with van der Waals surface area (Å²) in [4.78, 5) is 0. The Bertz CT molecular complexity index is 503. The fourth-order valence-corrected chi connectivity index (χ4v) is 2.80. The molecule has 1 aliphatic rings. The summed E-state index contributed by atoms with van der Waals surface area (Å²) in [5.41, 5.74) is 0.587. The average molecular weight is 295 g/mol. The van der Waals surface area contributed by atoms with E-state index in [2.05, 4.69) is 18.8 Å². The molecule has 1 saturated carbocycles. The van der Waals surface area contributed by atoms with Gasteiger partial charge in [-0.3, -0.25) is 0 Å². The first kappa shape index (κ1) is 15.2. The van der Waals surface area contributed by atoms with Gasteiger partial charge in [-0.2, -0.15) is 0 Å². The fourth-order valence-electron chi connectivity index (χ4n) is 2.73. The van der Waals surface area contributed by atoms with Crippen LogP contribution in [0.4, 0.5) is 4.39 Å². The lowest BCUT2D eigenvalue weighted by molar-refractivity contribution is 0.121. The van der Waals surface area contributed by atoms with Crippen LogP contribution in [-0.2, 0) is 0 Å². The number of benzene rings is 1. The van der Waals surface area contributed by atoms with Crippen LogP contribution in [0.15, 0.2) is 18.2 Å². The minimum Gasteiger partial charge on any atom is -0.489 e. The van der Waals surface area contributed by atoms with Gasteiger partial charge in [-0.1, -0.05) is 31.6 Å². The molecule has 0 N–H and O–H groups in total. The van der Waals surface area contributed by atoms with Gasteiger partial charge < -0.3 is 4.74 Å². The summed E-state index contributed by atoms with van der Waals surface area (Å²) in [5, 5.41) is 0. The van der Waals surface area contributed by atoms with Crippen LogP contribution in [0, 0.1) is 23.6 Å². The van der Waals surface area contributed by atoms with Crippen molar-refractivity contribution in [3.05, 3.63) is 29.6 Å². The molecule has 0 aromatic heterocycles. The Morgan fingerprint density at radius 1 is 1.40 bits per heavy atom. The van der Waals surface area contributed by atoms with Gasteiger partial charge in [0.2, 0.25) is 0 Å². The standard InChI is InChI=1S/C17H20ClFO/c1-2-13-5-3-7-16(11-13)20-17-9-8-15(19)12-14(17)6-4-10-18/h8-9,12-13,16H,2-3,5,7,10-11H2,1H3. The molecule has 1 aliphatic carbocycles. The summed E-state index contributed by atoms with van der Waals surface area (Å²) < 4.78 is 19.4. The molecule has 1 fully saturated rings. The number of hydrogen-bond acceptors (Lipinski definition) is 1. The van der Waals surface area contributed by atoms with Crippen LogP contribution < -0.4 is 4.74 Å². The molecule has 0 amide bonds. The third kappa shape index (κ3) is 4.15. The minimum absolute atomic E-state index is 0.218. The molecule has 1 aromatic rings. The third-order valence-corrected chi connectivity index (χ3v) is 3.97. The largest absolute Gasteiger partial charge is 0.489 e. The Balaban J connectivity index is 2.12. The first-order valence-electron chi connectivity index (χ1n) is 7.24. The Morgan fingerprint density at radius 3 is 3.00 bits per heavy atom. The van der Waals surface area contributed by atoms with Crippen molar-refractivity contribution < 1.29 is 9.13 Å². The van der Waals surface area contributed by atoms with Gasteiger partial charge in [0.1, 0.15) is 11.6 Å². The van der Waals surface area contributed by atoms with E-state index in [1.165, 1.54) is 31.4 Å². The van der Waals surface area contributed by atoms with Crippen LogP contribution in [0.2, 0.25) is 0 Å². The third-order valence-electron chi connectivity index (χ3n) is 3.84. The summed E-state index contributed by atoms with van der Waals surface area (Å²) >= 11 is 5.57. The molecule has 0 spiro atoms. The van der Waals surface area contributed by atoms with Gasteiger partial charge in [0.25, 0.3) is 0 Å². The van der Waals surface area contributed by atoms with Crippen molar-refractivity contribution >= 4 is 11.6 Å². The maximum absolute atomic E-state index is 13.3. The van der Waals surface area contributed by atoms with Crippen LogP contribution in [0.3, 0.4) is 0 Å². The van der Waals surface area contributed by atoms with Crippen LogP contribution in [-0.4, -0.2) is 12.0 Å². The van der Waals surface area contributed by atoms with E-state index in [1.54, 1.807) is 6.07 Å². The highest BCUT2D eigenvalue weighted by molar-refractivity contribution is 6.19. The second kappa shape index (κ2) is 7.55. The molecule has 0 saturated heterocycles. The van der Waals surface area contributed by atoms with Crippen molar-refractivity contribution in [2.75, 3.05) is 5.88 Å². The molecule has 0 heterocycles. The molecule has 20 heavy (non-hydrogen) atoms. The molecule has 2 rings (SSSR count). The number of rotatable bonds is 3. The van der Waals surface area contributed by atoms with E-state index in [0.29, 0.717) is 11.3 Å². The zero-order valence-electron chi connectivity index (χ0n) is 11.8. The van der Waals surface area contributed by atoms with Crippen molar-refractivity contribution in [3.8, 4) is 17.6 Å². The Morgan fingerprint density at radius 2 is 2.25 bits per heavy atom. The fraction of sp³-hybridized carbons (Fsp3) is 0.529.